The van der Waals surface area contributed by atoms with Crippen molar-refractivity contribution in [3.8, 4) is 5.88 Å². The van der Waals surface area contributed by atoms with Crippen LogP contribution in [0.1, 0.15) is 24.0 Å². The van der Waals surface area contributed by atoms with E-state index in [1.165, 1.54) is 18.4 Å². The highest BCUT2D eigenvalue weighted by atomic mass is 35.5. The summed E-state index contributed by atoms with van der Waals surface area (Å²) >= 11 is 5.93. The Balaban J connectivity index is 1.52. The number of nitrogens with zero attached hydrogens (tertiary/aromatic N) is 1. The molecule has 1 heterocycles. The van der Waals surface area contributed by atoms with E-state index in [2.05, 4.69) is 16.4 Å². The molecule has 1 aliphatic carbocycles. The van der Waals surface area contributed by atoms with E-state index in [9.17, 15) is 0 Å². The second-order valence-electron chi connectivity index (χ2n) is 5.08. The van der Waals surface area contributed by atoms with E-state index in [4.69, 9.17) is 16.3 Å². The molecule has 20 heavy (non-hydrogen) atoms. The minimum atomic E-state index is 0.479. The number of ether oxygens (including phenoxy) is 1. The Hall–Kier alpha value is -1.58. The maximum Gasteiger partial charge on any atom is 0.213 e. The lowest BCUT2D eigenvalue weighted by Crippen LogP contribution is -2.15. The highest BCUT2D eigenvalue weighted by molar-refractivity contribution is 6.30. The predicted octanol–water partition coefficient (Wildman–Crippen LogP) is 3.57. The van der Waals surface area contributed by atoms with Gasteiger partial charge in [-0.25, -0.2) is 4.98 Å². The van der Waals surface area contributed by atoms with E-state index in [1.54, 1.807) is 0 Å². The van der Waals surface area contributed by atoms with Crippen LogP contribution in [-0.4, -0.2) is 11.0 Å². The van der Waals surface area contributed by atoms with E-state index < -0.39 is 0 Å². The van der Waals surface area contributed by atoms with Gasteiger partial charge in [-0.15, -0.1) is 0 Å². The molecule has 1 N–H and O–H groups in total. The molecular formula is C16H17ClN2O. The van der Waals surface area contributed by atoms with Gasteiger partial charge in [0.2, 0.25) is 5.88 Å². The van der Waals surface area contributed by atoms with Crippen LogP contribution in [0.4, 0.5) is 0 Å². The summed E-state index contributed by atoms with van der Waals surface area (Å²) in [6, 6.07) is 12.3. The maximum absolute atomic E-state index is 5.93. The molecule has 0 saturated heterocycles. The van der Waals surface area contributed by atoms with Crippen molar-refractivity contribution in [2.75, 3.05) is 0 Å². The zero-order chi connectivity index (χ0) is 13.8. The van der Waals surface area contributed by atoms with E-state index >= 15 is 0 Å². The molecule has 4 heteroatoms. The van der Waals surface area contributed by atoms with E-state index in [1.807, 2.05) is 36.5 Å². The molecule has 0 radical (unpaired) electrons. The minimum Gasteiger partial charge on any atom is -0.473 e. The van der Waals surface area contributed by atoms with Gasteiger partial charge in [-0.05, 0) is 36.1 Å². The van der Waals surface area contributed by atoms with Crippen LogP contribution in [0.5, 0.6) is 5.88 Å². The fraction of sp³-hybridized carbons (Fsp3) is 0.312. The number of halogens is 1. The molecule has 0 bridgehead atoms. The Morgan fingerprint density at radius 1 is 1.20 bits per heavy atom. The molecular weight excluding hydrogens is 272 g/mol. The minimum absolute atomic E-state index is 0.479. The number of pyridine rings is 1. The summed E-state index contributed by atoms with van der Waals surface area (Å²) in [5.74, 6) is 0.639. The van der Waals surface area contributed by atoms with Gasteiger partial charge in [0.1, 0.15) is 6.61 Å². The summed E-state index contributed by atoms with van der Waals surface area (Å²) < 4.78 is 5.65. The molecule has 1 aromatic heterocycles. The normalized spacial score (nSPS) is 14.2. The molecule has 1 fully saturated rings. The highest BCUT2D eigenvalue weighted by Crippen LogP contribution is 2.19. The number of rotatable bonds is 6. The Labute approximate surface area is 123 Å². The summed E-state index contributed by atoms with van der Waals surface area (Å²) in [5, 5.41) is 4.18. The van der Waals surface area contributed by atoms with Crippen molar-refractivity contribution in [3.05, 3.63) is 58.7 Å². The molecule has 0 aliphatic heterocycles. The van der Waals surface area contributed by atoms with Crippen molar-refractivity contribution in [3.63, 3.8) is 0 Å². The topological polar surface area (TPSA) is 34.1 Å². The van der Waals surface area contributed by atoms with Crippen LogP contribution in [0.2, 0.25) is 5.02 Å². The molecule has 0 unspecified atom stereocenters. The van der Waals surface area contributed by atoms with Crippen molar-refractivity contribution < 1.29 is 4.74 Å². The molecule has 3 rings (SSSR count). The predicted molar refractivity (Wildman–Crippen MR) is 79.9 cm³/mol. The van der Waals surface area contributed by atoms with E-state index in [0.717, 1.165) is 17.1 Å². The summed E-state index contributed by atoms with van der Waals surface area (Å²) in [4.78, 5) is 4.32. The van der Waals surface area contributed by atoms with Gasteiger partial charge in [-0.2, -0.15) is 0 Å². The number of benzene rings is 1. The Morgan fingerprint density at radius 2 is 2.10 bits per heavy atom. The molecule has 2 aromatic rings. The molecule has 1 saturated carbocycles. The first-order valence-corrected chi connectivity index (χ1v) is 7.23. The van der Waals surface area contributed by atoms with Gasteiger partial charge in [0, 0.05) is 29.9 Å². The Kier molecular flexibility index (Phi) is 4.19. The van der Waals surface area contributed by atoms with Gasteiger partial charge in [-0.1, -0.05) is 29.8 Å². The quantitative estimate of drug-likeness (QED) is 0.882. The fourth-order valence-electron chi connectivity index (χ4n) is 1.93. The van der Waals surface area contributed by atoms with Crippen molar-refractivity contribution in [1.82, 2.24) is 10.3 Å². The Morgan fingerprint density at radius 3 is 2.80 bits per heavy atom. The molecule has 104 valence electrons. The van der Waals surface area contributed by atoms with Crippen molar-refractivity contribution in [2.45, 2.75) is 32.0 Å². The second-order valence-corrected chi connectivity index (χ2v) is 5.51. The van der Waals surface area contributed by atoms with Gasteiger partial charge in [-0.3, -0.25) is 0 Å². The average Bonchev–Trinajstić information content (AvgIpc) is 3.28. The molecule has 3 nitrogen and oxygen atoms in total. The van der Waals surface area contributed by atoms with Crippen LogP contribution in [0, 0.1) is 0 Å². The SMILES string of the molecule is Clc1cccc(COc2ccc(CNC3CC3)cn2)c1. The van der Waals surface area contributed by atoms with Crippen molar-refractivity contribution in [2.24, 2.45) is 0 Å². The third-order valence-corrected chi connectivity index (χ3v) is 3.48. The largest absolute Gasteiger partial charge is 0.473 e. The van der Waals surface area contributed by atoms with Crippen LogP contribution < -0.4 is 10.1 Å². The van der Waals surface area contributed by atoms with E-state index in [0.29, 0.717) is 18.5 Å². The van der Waals surface area contributed by atoms with Crippen LogP contribution in [0.15, 0.2) is 42.6 Å². The lowest BCUT2D eigenvalue weighted by Gasteiger charge is -2.07. The fourth-order valence-corrected chi connectivity index (χ4v) is 2.15. The third-order valence-electron chi connectivity index (χ3n) is 3.25. The standard InChI is InChI=1S/C16H17ClN2O/c17-14-3-1-2-12(8-14)11-20-16-7-4-13(10-19-16)9-18-15-5-6-15/h1-4,7-8,10,15,18H,5-6,9,11H2. The lowest BCUT2D eigenvalue weighted by atomic mass is 10.2. The first-order chi connectivity index (χ1) is 9.79. The Bertz CT molecular complexity index is 567. The molecule has 0 amide bonds. The van der Waals surface area contributed by atoms with Gasteiger partial charge in [0.05, 0.1) is 0 Å². The molecule has 0 atom stereocenters. The summed E-state index contributed by atoms with van der Waals surface area (Å²) in [7, 11) is 0. The van der Waals surface area contributed by atoms with Gasteiger partial charge >= 0.3 is 0 Å². The van der Waals surface area contributed by atoms with Gasteiger partial charge in [0.25, 0.3) is 0 Å². The monoisotopic (exact) mass is 288 g/mol. The molecule has 1 aliphatic rings. The lowest BCUT2D eigenvalue weighted by molar-refractivity contribution is 0.293. The maximum atomic E-state index is 5.93. The number of nitrogens with one attached hydrogen (secondary N) is 1. The van der Waals surface area contributed by atoms with Crippen LogP contribution in [-0.2, 0) is 13.2 Å². The third kappa shape index (κ3) is 3.95. The average molecular weight is 289 g/mol. The van der Waals surface area contributed by atoms with E-state index in [-0.39, 0.29) is 0 Å². The number of aromatic nitrogens is 1. The zero-order valence-electron chi connectivity index (χ0n) is 11.2. The first kappa shape index (κ1) is 13.4. The van der Waals surface area contributed by atoms with Crippen molar-refractivity contribution in [1.29, 1.82) is 0 Å². The van der Waals surface area contributed by atoms with Crippen molar-refractivity contribution >= 4 is 11.6 Å². The smallest absolute Gasteiger partial charge is 0.213 e. The van der Waals surface area contributed by atoms with Crippen LogP contribution >= 0.6 is 11.6 Å². The number of hydrogen-bond donors (Lipinski definition) is 1. The van der Waals surface area contributed by atoms with Gasteiger partial charge < -0.3 is 10.1 Å². The van der Waals surface area contributed by atoms with Crippen LogP contribution in [0.3, 0.4) is 0 Å². The second kappa shape index (κ2) is 6.25. The first-order valence-electron chi connectivity index (χ1n) is 6.85. The molecule has 1 aromatic carbocycles. The summed E-state index contributed by atoms with van der Waals surface area (Å²) in [6.07, 6.45) is 4.46. The van der Waals surface area contributed by atoms with Crippen LogP contribution in [0.25, 0.3) is 0 Å². The molecule has 0 spiro atoms. The van der Waals surface area contributed by atoms with Gasteiger partial charge in [0.15, 0.2) is 0 Å². The summed E-state index contributed by atoms with van der Waals surface area (Å²) in [6.45, 7) is 1.36. The highest BCUT2D eigenvalue weighted by Gasteiger charge is 2.19. The zero-order valence-corrected chi connectivity index (χ0v) is 11.9. The summed E-state index contributed by atoms with van der Waals surface area (Å²) in [5.41, 5.74) is 2.23. The number of hydrogen-bond acceptors (Lipinski definition) is 3.